The molecule has 0 atom stereocenters. The highest BCUT2D eigenvalue weighted by molar-refractivity contribution is 5.95. The minimum absolute atomic E-state index is 0.0401. The van der Waals surface area contributed by atoms with Crippen LogP contribution in [0.1, 0.15) is 22.3 Å². The van der Waals surface area contributed by atoms with Crippen LogP contribution < -0.4 is 5.32 Å². The van der Waals surface area contributed by atoms with E-state index in [1.807, 2.05) is 63.2 Å². The number of carbonyl (C=O) groups is 2. The van der Waals surface area contributed by atoms with Gasteiger partial charge in [-0.15, -0.1) is 0 Å². The van der Waals surface area contributed by atoms with Crippen LogP contribution in [0.2, 0.25) is 0 Å². The number of carbonyl (C=O) groups excluding carboxylic acids is 2. The molecule has 1 N–H and O–H groups in total. The highest BCUT2D eigenvalue weighted by Gasteiger charge is 2.14. The summed E-state index contributed by atoms with van der Waals surface area (Å²) in [5.74, 6) is -0.261. The summed E-state index contributed by atoms with van der Waals surface area (Å²) in [6, 6.07) is 13.7. The molecule has 4 nitrogen and oxygen atoms in total. The number of hydrogen-bond donors (Lipinski definition) is 1. The van der Waals surface area contributed by atoms with E-state index in [-0.39, 0.29) is 18.4 Å². The molecule has 2 aromatic carbocycles. The highest BCUT2D eigenvalue weighted by atomic mass is 16.2. The molecule has 0 aliphatic carbocycles. The van der Waals surface area contributed by atoms with Crippen molar-refractivity contribution < 1.29 is 9.59 Å². The first-order valence-corrected chi connectivity index (χ1v) is 8.02. The second-order valence-electron chi connectivity index (χ2n) is 6.23. The molecule has 0 bridgehead atoms. The Morgan fingerprint density at radius 1 is 0.958 bits per heavy atom. The number of amides is 2. The van der Waals surface area contributed by atoms with Crippen molar-refractivity contribution in [1.29, 1.82) is 0 Å². The lowest BCUT2D eigenvalue weighted by Gasteiger charge is -2.18. The van der Waals surface area contributed by atoms with Crippen LogP contribution in [0.5, 0.6) is 0 Å². The normalized spacial score (nSPS) is 10.3. The molecule has 0 spiro atoms. The van der Waals surface area contributed by atoms with Gasteiger partial charge in [0.15, 0.2) is 0 Å². The molecule has 0 saturated heterocycles. The van der Waals surface area contributed by atoms with Gasteiger partial charge in [-0.2, -0.15) is 0 Å². The van der Waals surface area contributed by atoms with Crippen LogP contribution in [0.15, 0.2) is 42.5 Å². The van der Waals surface area contributed by atoms with E-state index >= 15 is 0 Å². The zero-order valence-electron chi connectivity index (χ0n) is 14.7. The molecule has 0 radical (unpaired) electrons. The zero-order valence-corrected chi connectivity index (χ0v) is 14.7. The minimum atomic E-state index is -0.188. The number of aryl methyl sites for hydroxylation is 3. The quantitative estimate of drug-likeness (QED) is 0.918. The minimum Gasteiger partial charge on any atom is -0.336 e. The fraction of sp³-hybridized carbons (Fsp3) is 0.300. The van der Waals surface area contributed by atoms with Gasteiger partial charge in [-0.25, -0.2) is 0 Å². The summed E-state index contributed by atoms with van der Waals surface area (Å²) in [7, 11) is 1.65. The number of anilines is 1. The molecular formula is C20H24N2O2. The van der Waals surface area contributed by atoms with Gasteiger partial charge in [0, 0.05) is 12.7 Å². The molecule has 0 fully saturated rings. The van der Waals surface area contributed by atoms with Gasteiger partial charge in [0.2, 0.25) is 11.8 Å². The molecule has 0 aliphatic heterocycles. The zero-order chi connectivity index (χ0) is 17.7. The van der Waals surface area contributed by atoms with Crippen LogP contribution in [-0.4, -0.2) is 30.3 Å². The predicted molar refractivity (Wildman–Crippen MR) is 97.1 cm³/mol. The first-order chi connectivity index (χ1) is 11.4. The molecular weight excluding hydrogens is 300 g/mol. The maximum atomic E-state index is 12.3. The Hall–Kier alpha value is -2.62. The number of nitrogens with one attached hydrogen (secondary N) is 1. The molecule has 0 aliphatic rings. The molecule has 4 heteroatoms. The molecule has 2 rings (SSSR count). The largest absolute Gasteiger partial charge is 0.336 e. The van der Waals surface area contributed by atoms with Gasteiger partial charge in [0.1, 0.15) is 0 Å². The number of rotatable bonds is 5. The van der Waals surface area contributed by atoms with Crippen LogP contribution in [0.4, 0.5) is 5.69 Å². The monoisotopic (exact) mass is 324 g/mol. The van der Waals surface area contributed by atoms with Crippen LogP contribution in [0, 0.1) is 20.8 Å². The smallest absolute Gasteiger partial charge is 0.243 e. The summed E-state index contributed by atoms with van der Waals surface area (Å²) in [6.45, 7) is 5.96. The predicted octanol–water partition coefficient (Wildman–Crippen LogP) is 3.25. The van der Waals surface area contributed by atoms with E-state index in [1.54, 1.807) is 7.05 Å². The Balaban J connectivity index is 1.93. The fourth-order valence-corrected chi connectivity index (χ4v) is 2.51. The third-order valence-corrected chi connectivity index (χ3v) is 4.03. The van der Waals surface area contributed by atoms with Gasteiger partial charge in [0.25, 0.3) is 0 Å². The topological polar surface area (TPSA) is 49.4 Å². The molecule has 0 heterocycles. The number of benzene rings is 2. The lowest BCUT2D eigenvalue weighted by molar-refractivity contribution is -0.132. The van der Waals surface area contributed by atoms with Crippen molar-refractivity contribution in [3.8, 4) is 0 Å². The van der Waals surface area contributed by atoms with Crippen LogP contribution in [0.3, 0.4) is 0 Å². The van der Waals surface area contributed by atoms with Crippen LogP contribution >= 0.6 is 0 Å². The Morgan fingerprint density at radius 2 is 1.54 bits per heavy atom. The Kier molecular flexibility index (Phi) is 5.74. The molecule has 0 unspecified atom stereocenters. The lowest BCUT2D eigenvalue weighted by Crippen LogP contribution is -2.36. The third-order valence-electron chi connectivity index (χ3n) is 4.03. The number of likely N-dealkylation sites (N-methyl/N-ethyl adjacent to an activating group) is 1. The van der Waals surface area contributed by atoms with Gasteiger partial charge in [0.05, 0.1) is 13.0 Å². The summed E-state index contributed by atoms with van der Waals surface area (Å²) in [5.41, 5.74) is 4.95. The van der Waals surface area contributed by atoms with Gasteiger partial charge in [-0.1, -0.05) is 48.0 Å². The summed E-state index contributed by atoms with van der Waals surface area (Å²) in [6.07, 6.45) is 0.299. The van der Waals surface area contributed by atoms with E-state index in [1.165, 1.54) is 4.90 Å². The second-order valence-corrected chi connectivity index (χ2v) is 6.23. The van der Waals surface area contributed by atoms with E-state index in [2.05, 4.69) is 5.32 Å². The number of para-hydroxylation sites is 1. The van der Waals surface area contributed by atoms with Crippen molar-refractivity contribution in [1.82, 2.24) is 4.90 Å². The maximum absolute atomic E-state index is 12.3. The number of nitrogens with zero attached hydrogens (tertiary/aromatic N) is 1. The maximum Gasteiger partial charge on any atom is 0.243 e. The first-order valence-electron chi connectivity index (χ1n) is 8.02. The van der Waals surface area contributed by atoms with Gasteiger partial charge < -0.3 is 10.2 Å². The second kappa shape index (κ2) is 7.77. The van der Waals surface area contributed by atoms with Gasteiger partial charge >= 0.3 is 0 Å². The van der Waals surface area contributed by atoms with Crippen molar-refractivity contribution in [2.75, 3.05) is 18.9 Å². The lowest BCUT2D eigenvalue weighted by atomic mass is 10.1. The summed E-state index contributed by atoms with van der Waals surface area (Å²) >= 11 is 0. The first kappa shape index (κ1) is 17.7. The van der Waals surface area contributed by atoms with E-state index in [0.717, 1.165) is 27.9 Å². The molecule has 126 valence electrons. The van der Waals surface area contributed by atoms with Crippen molar-refractivity contribution in [3.63, 3.8) is 0 Å². The van der Waals surface area contributed by atoms with Crippen LogP contribution in [0.25, 0.3) is 0 Å². The highest BCUT2D eigenvalue weighted by Crippen LogP contribution is 2.19. The number of hydrogen-bond acceptors (Lipinski definition) is 2. The molecule has 2 aromatic rings. The average molecular weight is 324 g/mol. The fourth-order valence-electron chi connectivity index (χ4n) is 2.51. The Bertz CT molecular complexity index is 716. The third kappa shape index (κ3) is 4.69. The van der Waals surface area contributed by atoms with Crippen LogP contribution in [-0.2, 0) is 16.0 Å². The standard InChI is InChI=1S/C20H24N2O2/c1-14-8-10-17(11-9-14)12-19(24)22(4)13-18(23)21-20-15(2)6-5-7-16(20)3/h5-11H,12-13H2,1-4H3,(H,21,23). The van der Waals surface area contributed by atoms with E-state index in [9.17, 15) is 9.59 Å². The van der Waals surface area contributed by atoms with E-state index in [0.29, 0.717) is 6.42 Å². The average Bonchev–Trinajstić information content (AvgIpc) is 2.53. The van der Waals surface area contributed by atoms with Crippen molar-refractivity contribution >= 4 is 17.5 Å². The molecule has 0 saturated carbocycles. The SMILES string of the molecule is Cc1ccc(CC(=O)N(C)CC(=O)Nc2c(C)cccc2C)cc1. The van der Waals surface area contributed by atoms with Crippen molar-refractivity contribution in [2.45, 2.75) is 27.2 Å². The van der Waals surface area contributed by atoms with Gasteiger partial charge in [-0.05, 0) is 37.5 Å². The summed E-state index contributed by atoms with van der Waals surface area (Å²) in [4.78, 5) is 26.0. The van der Waals surface area contributed by atoms with E-state index < -0.39 is 0 Å². The molecule has 0 aromatic heterocycles. The molecule has 24 heavy (non-hydrogen) atoms. The summed E-state index contributed by atoms with van der Waals surface area (Å²) in [5, 5.41) is 2.90. The van der Waals surface area contributed by atoms with E-state index in [4.69, 9.17) is 0 Å². The Labute approximate surface area is 143 Å². The Morgan fingerprint density at radius 3 is 2.12 bits per heavy atom. The molecule has 2 amide bonds. The summed E-state index contributed by atoms with van der Waals surface area (Å²) < 4.78 is 0. The van der Waals surface area contributed by atoms with Crippen molar-refractivity contribution in [3.05, 3.63) is 64.7 Å². The van der Waals surface area contributed by atoms with Crippen molar-refractivity contribution in [2.24, 2.45) is 0 Å². The van der Waals surface area contributed by atoms with Gasteiger partial charge in [-0.3, -0.25) is 9.59 Å².